The van der Waals surface area contributed by atoms with Crippen LogP contribution < -0.4 is 4.74 Å². The second kappa shape index (κ2) is 6.74. The number of hydrogen-bond acceptors (Lipinski definition) is 2. The Bertz CT molecular complexity index is 666. The molecule has 0 unspecified atom stereocenters. The number of allylic oxidation sites excluding steroid dienone is 1. The molecule has 0 saturated heterocycles. The molecule has 0 saturated carbocycles. The summed E-state index contributed by atoms with van der Waals surface area (Å²) in [6.45, 7) is -2.95. The van der Waals surface area contributed by atoms with Gasteiger partial charge in [0.1, 0.15) is 11.6 Å². The molecule has 0 aliphatic carbocycles. The first-order chi connectivity index (χ1) is 10.1. The Balaban J connectivity index is 2.19. The first-order valence-electron chi connectivity index (χ1n) is 6.08. The maximum Gasteiger partial charge on any atom is 0.387 e. The molecule has 0 radical (unpaired) electrons. The van der Waals surface area contributed by atoms with Gasteiger partial charge in [0.2, 0.25) is 0 Å². The Morgan fingerprint density at radius 2 is 1.86 bits per heavy atom. The lowest BCUT2D eigenvalue weighted by Crippen LogP contribution is -2.03. The first-order valence-corrected chi connectivity index (χ1v) is 6.08. The summed E-state index contributed by atoms with van der Waals surface area (Å²) in [6.07, 6.45) is 2.54. The molecule has 0 aliphatic heterocycles. The fourth-order valence-electron chi connectivity index (χ4n) is 1.72. The van der Waals surface area contributed by atoms with Crippen LogP contribution in [0.2, 0.25) is 0 Å². The van der Waals surface area contributed by atoms with E-state index < -0.39 is 18.2 Å². The van der Waals surface area contributed by atoms with E-state index in [1.165, 1.54) is 42.5 Å². The van der Waals surface area contributed by atoms with Gasteiger partial charge in [-0.25, -0.2) is 4.39 Å². The molecule has 0 amide bonds. The van der Waals surface area contributed by atoms with Gasteiger partial charge in [-0.05, 0) is 30.4 Å². The van der Waals surface area contributed by atoms with Crippen molar-refractivity contribution in [3.63, 3.8) is 0 Å². The van der Waals surface area contributed by atoms with Crippen molar-refractivity contribution in [3.05, 3.63) is 71.6 Å². The number of rotatable bonds is 5. The zero-order valence-electron chi connectivity index (χ0n) is 10.8. The van der Waals surface area contributed by atoms with E-state index in [1.807, 2.05) is 0 Å². The molecular formula is C16H11F3O2. The molecule has 2 rings (SSSR count). The lowest BCUT2D eigenvalue weighted by molar-refractivity contribution is -0.0499. The fraction of sp³-hybridized carbons (Fsp3) is 0.0625. The average molecular weight is 292 g/mol. The third-order valence-electron chi connectivity index (χ3n) is 2.66. The Hall–Kier alpha value is -2.56. The van der Waals surface area contributed by atoms with Crippen LogP contribution in [-0.2, 0) is 0 Å². The molecule has 108 valence electrons. The van der Waals surface area contributed by atoms with Crippen molar-refractivity contribution in [3.8, 4) is 5.75 Å². The second-order valence-corrected chi connectivity index (χ2v) is 4.12. The molecule has 0 aromatic heterocycles. The molecular weight excluding hydrogens is 281 g/mol. The molecule has 0 spiro atoms. The number of halogens is 3. The van der Waals surface area contributed by atoms with Gasteiger partial charge in [-0.1, -0.05) is 30.3 Å². The molecule has 0 N–H and O–H groups in total. The molecule has 0 fully saturated rings. The van der Waals surface area contributed by atoms with E-state index in [1.54, 1.807) is 12.1 Å². The SMILES string of the molecule is O=C(C=Cc1ccccc1OC(F)F)c1cccc(F)c1. The van der Waals surface area contributed by atoms with E-state index in [9.17, 15) is 18.0 Å². The number of ketones is 1. The van der Waals surface area contributed by atoms with E-state index in [4.69, 9.17) is 0 Å². The molecule has 0 atom stereocenters. The highest BCUT2D eigenvalue weighted by molar-refractivity contribution is 6.06. The van der Waals surface area contributed by atoms with Gasteiger partial charge in [-0.3, -0.25) is 4.79 Å². The number of carbonyl (C=O) groups excluding carboxylic acids is 1. The summed E-state index contributed by atoms with van der Waals surface area (Å²) < 4.78 is 41.9. The zero-order chi connectivity index (χ0) is 15.2. The van der Waals surface area contributed by atoms with Gasteiger partial charge in [0, 0.05) is 11.1 Å². The molecule has 2 aromatic carbocycles. The monoisotopic (exact) mass is 292 g/mol. The van der Waals surface area contributed by atoms with Crippen LogP contribution in [0.4, 0.5) is 13.2 Å². The molecule has 5 heteroatoms. The summed E-state index contributed by atoms with van der Waals surface area (Å²) in [5.41, 5.74) is 0.515. The highest BCUT2D eigenvalue weighted by atomic mass is 19.3. The van der Waals surface area contributed by atoms with Crippen molar-refractivity contribution >= 4 is 11.9 Å². The summed E-state index contributed by atoms with van der Waals surface area (Å²) in [6, 6.07) is 11.3. The van der Waals surface area contributed by atoms with E-state index in [0.717, 1.165) is 6.07 Å². The lowest BCUT2D eigenvalue weighted by Gasteiger charge is -2.07. The second-order valence-electron chi connectivity index (χ2n) is 4.12. The van der Waals surface area contributed by atoms with E-state index >= 15 is 0 Å². The minimum absolute atomic E-state index is 0.0317. The van der Waals surface area contributed by atoms with Crippen LogP contribution in [0.5, 0.6) is 5.75 Å². The third-order valence-corrected chi connectivity index (χ3v) is 2.66. The minimum atomic E-state index is -2.95. The normalized spacial score (nSPS) is 11.0. The van der Waals surface area contributed by atoms with Crippen LogP contribution in [0, 0.1) is 5.82 Å². The summed E-state index contributed by atoms with van der Waals surface area (Å²) in [5.74, 6) is -0.979. The van der Waals surface area contributed by atoms with Gasteiger partial charge in [-0.15, -0.1) is 0 Å². The van der Waals surface area contributed by atoms with Gasteiger partial charge < -0.3 is 4.74 Å². The maximum atomic E-state index is 13.0. The molecule has 2 nitrogen and oxygen atoms in total. The van der Waals surface area contributed by atoms with E-state index in [0.29, 0.717) is 5.56 Å². The molecule has 0 bridgehead atoms. The van der Waals surface area contributed by atoms with Gasteiger partial charge in [0.15, 0.2) is 5.78 Å². The van der Waals surface area contributed by atoms with Crippen molar-refractivity contribution in [2.75, 3.05) is 0 Å². The van der Waals surface area contributed by atoms with Crippen LogP contribution >= 0.6 is 0 Å². The Labute approximate surface area is 119 Å². The third kappa shape index (κ3) is 4.21. The van der Waals surface area contributed by atoms with Crippen molar-refractivity contribution in [1.29, 1.82) is 0 Å². The van der Waals surface area contributed by atoms with Crippen LogP contribution in [0.25, 0.3) is 6.08 Å². The lowest BCUT2D eigenvalue weighted by atomic mass is 10.1. The largest absolute Gasteiger partial charge is 0.434 e. The summed E-state index contributed by atoms with van der Waals surface area (Å²) in [4.78, 5) is 11.9. The number of benzene rings is 2. The number of alkyl halides is 2. The summed E-state index contributed by atoms with van der Waals surface area (Å²) in [5, 5.41) is 0. The Kier molecular flexibility index (Phi) is 4.77. The number of para-hydroxylation sites is 1. The van der Waals surface area contributed by atoms with Crippen LogP contribution in [-0.4, -0.2) is 12.4 Å². The van der Waals surface area contributed by atoms with Crippen molar-refractivity contribution in [1.82, 2.24) is 0 Å². The Morgan fingerprint density at radius 3 is 2.57 bits per heavy atom. The molecule has 21 heavy (non-hydrogen) atoms. The maximum absolute atomic E-state index is 13.0. The first kappa shape index (κ1) is 14.8. The van der Waals surface area contributed by atoms with Crippen LogP contribution in [0.15, 0.2) is 54.6 Å². The van der Waals surface area contributed by atoms with Crippen LogP contribution in [0.1, 0.15) is 15.9 Å². The van der Waals surface area contributed by atoms with E-state index in [-0.39, 0.29) is 11.3 Å². The topological polar surface area (TPSA) is 26.3 Å². The highest BCUT2D eigenvalue weighted by Crippen LogP contribution is 2.21. The number of ether oxygens (including phenoxy) is 1. The highest BCUT2D eigenvalue weighted by Gasteiger charge is 2.08. The molecule has 2 aromatic rings. The average Bonchev–Trinajstić information content (AvgIpc) is 2.45. The van der Waals surface area contributed by atoms with Gasteiger partial charge in [0.25, 0.3) is 0 Å². The standard InChI is InChI=1S/C16H11F3O2/c17-13-6-3-5-12(10-13)14(20)9-8-11-4-1-2-7-15(11)21-16(18)19/h1-10,16H. The molecule has 0 aliphatic rings. The van der Waals surface area contributed by atoms with Crippen molar-refractivity contribution in [2.45, 2.75) is 6.61 Å². The predicted octanol–water partition coefficient (Wildman–Crippen LogP) is 4.32. The fourth-order valence-corrected chi connectivity index (χ4v) is 1.72. The van der Waals surface area contributed by atoms with Gasteiger partial charge in [0.05, 0.1) is 0 Å². The number of carbonyl (C=O) groups is 1. The van der Waals surface area contributed by atoms with Crippen molar-refractivity contribution < 1.29 is 22.7 Å². The molecule has 0 heterocycles. The number of hydrogen-bond donors (Lipinski definition) is 0. The predicted molar refractivity (Wildman–Crippen MR) is 72.8 cm³/mol. The summed E-state index contributed by atoms with van der Waals surface area (Å²) in [7, 11) is 0. The van der Waals surface area contributed by atoms with Crippen molar-refractivity contribution in [2.24, 2.45) is 0 Å². The minimum Gasteiger partial charge on any atom is -0.434 e. The van der Waals surface area contributed by atoms with E-state index in [2.05, 4.69) is 4.74 Å². The quantitative estimate of drug-likeness (QED) is 0.606. The van der Waals surface area contributed by atoms with Gasteiger partial charge >= 0.3 is 6.61 Å². The zero-order valence-corrected chi connectivity index (χ0v) is 10.8. The Morgan fingerprint density at radius 1 is 1.10 bits per heavy atom. The van der Waals surface area contributed by atoms with Gasteiger partial charge in [-0.2, -0.15) is 8.78 Å². The summed E-state index contributed by atoms with van der Waals surface area (Å²) >= 11 is 0. The smallest absolute Gasteiger partial charge is 0.387 e. The van der Waals surface area contributed by atoms with Crippen LogP contribution in [0.3, 0.4) is 0 Å².